The number of aliphatic carboxylic acids is 2. The highest BCUT2D eigenvalue weighted by Crippen LogP contribution is 2.18. The summed E-state index contributed by atoms with van der Waals surface area (Å²) in [6.07, 6.45) is -3.44. The van der Waals surface area contributed by atoms with Gasteiger partial charge in [0.25, 0.3) is 5.91 Å². The van der Waals surface area contributed by atoms with Gasteiger partial charge in [-0.05, 0) is 18.8 Å². The third-order valence-electron chi connectivity index (χ3n) is 4.55. The molecule has 0 spiro atoms. The summed E-state index contributed by atoms with van der Waals surface area (Å²) >= 11 is 0. The van der Waals surface area contributed by atoms with Crippen LogP contribution < -0.4 is 21.5 Å². The lowest BCUT2D eigenvalue weighted by Gasteiger charge is -2.27. The molecule has 1 aliphatic heterocycles. The molecule has 1 aliphatic rings. The first-order valence-corrected chi connectivity index (χ1v) is 9.42. The van der Waals surface area contributed by atoms with Crippen molar-refractivity contribution in [2.75, 3.05) is 19.6 Å². The van der Waals surface area contributed by atoms with Crippen molar-refractivity contribution in [2.24, 2.45) is 5.92 Å². The number of carboxylic acid groups (broad SMARTS) is 2. The SMILES string of the molecule is CC[C@H](C)[C@H](NC(=O)[C@@H]1CCCN1C(=O)CNC(=O)C[NH3+])C(=O)O.O=C([O-])C(F)(F)F. The van der Waals surface area contributed by atoms with Gasteiger partial charge in [-0.15, -0.1) is 0 Å². The van der Waals surface area contributed by atoms with Crippen molar-refractivity contribution in [1.29, 1.82) is 0 Å². The molecule has 178 valence electrons. The van der Waals surface area contributed by atoms with Crippen LogP contribution in [-0.2, 0) is 24.0 Å². The van der Waals surface area contributed by atoms with Gasteiger partial charge in [0.2, 0.25) is 11.8 Å². The first kappa shape index (κ1) is 28.1. The van der Waals surface area contributed by atoms with Gasteiger partial charge in [-0.1, -0.05) is 20.3 Å². The first-order valence-electron chi connectivity index (χ1n) is 9.42. The third-order valence-corrected chi connectivity index (χ3v) is 4.55. The van der Waals surface area contributed by atoms with E-state index in [1.54, 1.807) is 6.92 Å². The molecule has 6 N–H and O–H groups in total. The van der Waals surface area contributed by atoms with E-state index in [4.69, 9.17) is 9.90 Å². The van der Waals surface area contributed by atoms with Crippen molar-refractivity contribution in [3.05, 3.63) is 0 Å². The fourth-order valence-corrected chi connectivity index (χ4v) is 2.63. The average molecular weight is 456 g/mol. The van der Waals surface area contributed by atoms with Crippen LogP contribution in [0.25, 0.3) is 0 Å². The van der Waals surface area contributed by atoms with E-state index in [1.807, 2.05) is 6.92 Å². The summed E-state index contributed by atoms with van der Waals surface area (Å²) in [5, 5.41) is 23.0. The van der Waals surface area contributed by atoms with E-state index in [0.717, 1.165) is 0 Å². The summed E-state index contributed by atoms with van der Waals surface area (Å²) in [7, 11) is 0. The topological polar surface area (TPSA) is 184 Å². The van der Waals surface area contributed by atoms with Crippen molar-refractivity contribution >= 4 is 29.7 Å². The molecule has 0 aliphatic carbocycles. The summed E-state index contributed by atoms with van der Waals surface area (Å²) < 4.78 is 31.5. The largest absolute Gasteiger partial charge is 0.542 e. The molecule has 0 saturated carbocycles. The third kappa shape index (κ3) is 9.63. The van der Waals surface area contributed by atoms with E-state index >= 15 is 0 Å². The van der Waals surface area contributed by atoms with Crippen molar-refractivity contribution in [1.82, 2.24) is 15.5 Å². The highest BCUT2D eigenvalue weighted by Gasteiger charge is 2.36. The number of likely N-dealkylation sites (tertiary alicyclic amines) is 1. The number of hydrogen-bond acceptors (Lipinski definition) is 6. The molecule has 3 amide bonds. The quantitative estimate of drug-likeness (QED) is 0.305. The van der Waals surface area contributed by atoms with Crippen LogP contribution in [0.4, 0.5) is 13.2 Å². The number of carboxylic acids is 2. The van der Waals surface area contributed by atoms with Gasteiger partial charge in [0, 0.05) is 6.54 Å². The predicted octanol–water partition coefficient (Wildman–Crippen LogP) is -2.75. The second kappa shape index (κ2) is 12.7. The standard InChI is InChI=1S/C15H26N4O5.C2HF3O2/c1-3-9(2)13(15(23)24)18-14(22)10-5-4-6-19(10)12(21)8-17-11(20)7-16;3-2(4,5)1(6)7/h9-10,13H,3-8,16H2,1-2H3,(H,17,20)(H,18,22)(H,23,24);(H,6,7)/t9-,10-,13-;/m0./s1. The molecule has 0 aromatic rings. The zero-order valence-electron chi connectivity index (χ0n) is 17.2. The van der Waals surface area contributed by atoms with Crippen LogP contribution in [0.2, 0.25) is 0 Å². The maximum atomic E-state index is 12.4. The Balaban J connectivity index is 0.00000110. The second-order valence-electron chi connectivity index (χ2n) is 6.77. The molecule has 0 bridgehead atoms. The molecule has 14 heteroatoms. The highest BCUT2D eigenvalue weighted by atomic mass is 19.4. The fraction of sp³-hybridized carbons (Fsp3) is 0.706. The number of quaternary nitrogens is 1. The number of amides is 3. The summed E-state index contributed by atoms with van der Waals surface area (Å²) in [5.74, 6) is -5.47. The number of alkyl halides is 3. The van der Waals surface area contributed by atoms with Crippen LogP contribution in [0.3, 0.4) is 0 Å². The van der Waals surface area contributed by atoms with Crippen LogP contribution in [0.15, 0.2) is 0 Å². The van der Waals surface area contributed by atoms with Crippen molar-refractivity contribution in [3.63, 3.8) is 0 Å². The molecule has 1 rings (SSSR count). The van der Waals surface area contributed by atoms with Crippen LogP contribution in [0, 0.1) is 5.92 Å². The minimum atomic E-state index is -5.19. The minimum absolute atomic E-state index is 0.0341. The molecule has 3 atom stereocenters. The Morgan fingerprint density at radius 2 is 1.81 bits per heavy atom. The molecule has 0 unspecified atom stereocenters. The molecule has 1 saturated heterocycles. The van der Waals surface area contributed by atoms with Crippen molar-refractivity contribution < 1.29 is 53.1 Å². The van der Waals surface area contributed by atoms with E-state index in [2.05, 4.69) is 16.4 Å². The van der Waals surface area contributed by atoms with Gasteiger partial charge in [-0.25, -0.2) is 4.79 Å². The van der Waals surface area contributed by atoms with E-state index in [0.29, 0.717) is 25.8 Å². The second-order valence-corrected chi connectivity index (χ2v) is 6.77. The average Bonchev–Trinajstić information content (AvgIpc) is 3.18. The zero-order valence-corrected chi connectivity index (χ0v) is 17.2. The molecular formula is C17H27F3N4O7. The van der Waals surface area contributed by atoms with E-state index < -0.39 is 36.1 Å². The lowest BCUT2D eigenvalue weighted by Crippen LogP contribution is -2.58. The molecular weight excluding hydrogens is 429 g/mol. The number of nitrogens with zero attached hydrogens (tertiary/aromatic N) is 1. The van der Waals surface area contributed by atoms with Gasteiger partial charge < -0.3 is 36.3 Å². The van der Waals surface area contributed by atoms with Gasteiger partial charge in [-0.3, -0.25) is 14.4 Å². The lowest BCUT2D eigenvalue weighted by atomic mass is 9.99. The summed E-state index contributed by atoms with van der Waals surface area (Å²) in [4.78, 5) is 57.3. The number of halogens is 3. The van der Waals surface area contributed by atoms with Gasteiger partial charge in [0.1, 0.15) is 18.1 Å². The van der Waals surface area contributed by atoms with Gasteiger partial charge in [-0.2, -0.15) is 13.2 Å². The van der Waals surface area contributed by atoms with Crippen molar-refractivity contribution in [2.45, 2.75) is 51.4 Å². The Morgan fingerprint density at radius 3 is 2.23 bits per heavy atom. The number of hydrogen-bond donors (Lipinski definition) is 4. The lowest BCUT2D eigenvalue weighted by molar-refractivity contribution is -0.355. The van der Waals surface area contributed by atoms with Crippen LogP contribution >= 0.6 is 0 Å². The van der Waals surface area contributed by atoms with E-state index in [9.17, 15) is 37.5 Å². The van der Waals surface area contributed by atoms with Crippen molar-refractivity contribution in [3.8, 4) is 0 Å². The maximum absolute atomic E-state index is 12.4. The molecule has 0 aromatic heterocycles. The van der Waals surface area contributed by atoms with E-state index in [1.165, 1.54) is 4.90 Å². The highest BCUT2D eigenvalue weighted by molar-refractivity contribution is 5.92. The summed E-state index contributed by atoms with van der Waals surface area (Å²) in [6, 6.07) is -1.68. The molecule has 1 fully saturated rings. The number of carbonyl (C=O) groups excluding carboxylic acids is 4. The summed E-state index contributed by atoms with van der Waals surface area (Å²) in [5.41, 5.74) is 3.42. The monoisotopic (exact) mass is 456 g/mol. The molecule has 31 heavy (non-hydrogen) atoms. The fourth-order valence-electron chi connectivity index (χ4n) is 2.63. The van der Waals surface area contributed by atoms with Crippen LogP contribution in [-0.4, -0.2) is 77.6 Å². The Kier molecular flexibility index (Phi) is 11.5. The normalized spacial score (nSPS) is 17.6. The minimum Gasteiger partial charge on any atom is -0.542 e. The molecule has 0 aromatic carbocycles. The van der Waals surface area contributed by atoms with Gasteiger partial charge in [0.05, 0.1) is 6.54 Å². The zero-order chi connectivity index (χ0) is 24.4. The predicted molar refractivity (Wildman–Crippen MR) is 95.6 cm³/mol. The smallest absolute Gasteiger partial charge is 0.430 e. The number of carbonyl (C=O) groups is 5. The molecule has 1 heterocycles. The Bertz CT molecular complexity index is 673. The molecule has 0 radical (unpaired) electrons. The Labute approximate surface area is 176 Å². The maximum Gasteiger partial charge on any atom is 0.430 e. The Morgan fingerprint density at radius 1 is 1.26 bits per heavy atom. The first-order chi connectivity index (χ1) is 14.3. The van der Waals surface area contributed by atoms with Gasteiger partial charge in [0.15, 0.2) is 6.54 Å². The Hall–Kier alpha value is -2.90. The number of rotatable bonds is 8. The molecule has 11 nitrogen and oxygen atoms in total. The van der Waals surface area contributed by atoms with Crippen LogP contribution in [0.1, 0.15) is 33.1 Å². The number of nitrogens with one attached hydrogen (secondary N) is 2. The van der Waals surface area contributed by atoms with E-state index in [-0.39, 0.29) is 30.8 Å². The van der Waals surface area contributed by atoms with Gasteiger partial charge >= 0.3 is 12.1 Å². The van der Waals surface area contributed by atoms with Crippen LogP contribution in [0.5, 0.6) is 0 Å². The summed E-state index contributed by atoms with van der Waals surface area (Å²) in [6.45, 7) is 3.87.